The van der Waals surface area contributed by atoms with Gasteiger partial charge in [0.25, 0.3) is 5.91 Å². The van der Waals surface area contributed by atoms with Gasteiger partial charge >= 0.3 is 0 Å². The Balaban J connectivity index is 1.56. The van der Waals surface area contributed by atoms with Crippen molar-refractivity contribution >= 4 is 11.6 Å². The second kappa shape index (κ2) is 10.3. The summed E-state index contributed by atoms with van der Waals surface area (Å²) in [5, 5.41) is 3.02. The number of carbonyl (C=O) groups is 1. The van der Waals surface area contributed by atoms with Crippen LogP contribution in [0.25, 0.3) is 0 Å². The fraction of sp³-hybridized carbons (Fsp3) is 0.458. The number of carbonyl (C=O) groups excluding carboxylic acids is 1. The number of rotatable bonds is 8. The SMILES string of the molecule is CCC(C)c1ccccc1OCC(=O)NCc1ccccc1N1CCN(C)CC1. The number of likely N-dealkylation sites (N-methyl/N-ethyl adjacent to an activating group) is 1. The fourth-order valence-corrected chi connectivity index (χ4v) is 3.64. The van der Waals surface area contributed by atoms with Crippen LogP contribution in [0.3, 0.4) is 0 Å². The molecular weight excluding hydrogens is 362 g/mol. The van der Waals surface area contributed by atoms with Crippen molar-refractivity contribution in [1.29, 1.82) is 0 Å². The molecule has 0 aliphatic carbocycles. The van der Waals surface area contributed by atoms with Crippen molar-refractivity contribution in [3.8, 4) is 5.75 Å². The van der Waals surface area contributed by atoms with Crippen molar-refractivity contribution < 1.29 is 9.53 Å². The van der Waals surface area contributed by atoms with Gasteiger partial charge in [0.2, 0.25) is 0 Å². The molecule has 5 nitrogen and oxygen atoms in total. The molecule has 5 heteroatoms. The second-order valence-corrected chi connectivity index (χ2v) is 7.83. The zero-order valence-corrected chi connectivity index (χ0v) is 17.9. The van der Waals surface area contributed by atoms with Gasteiger partial charge in [0.15, 0.2) is 6.61 Å². The first kappa shape index (κ1) is 21.2. The zero-order chi connectivity index (χ0) is 20.6. The van der Waals surface area contributed by atoms with E-state index < -0.39 is 0 Å². The zero-order valence-electron chi connectivity index (χ0n) is 17.9. The summed E-state index contributed by atoms with van der Waals surface area (Å²) in [6, 6.07) is 16.3. The Morgan fingerprint density at radius 2 is 1.76 bits per heavy atom. The van der Waals surface area contributed by atoms with Gasteiger partial charge in [-0.3, -0.25) is 4.79 Å². The first-order valence-electron chi connectivity index (χ1n) is 10.6. The van der Waals surface area contributed by atoms with Crippen LogP contribution in [0.5, 0.6) is 5.75 Å². The van der Waals surface area contributed by atoms with Gasteiger partial charge in [0.1, 0.15) is 5.75 Å². The van der Waals surface area contributed by atoms with E-state index in [1.54, 1.807) is 0 Å². The van der Waals surface area contributed by atoms with E-state index in [9.17, 15) is 4.79 Å². The Morgan fingerprint density at radius 3 is 2.52 bits per heavy atom. The van der Waals surface area contributed by atoms with Crippen LogP contribution in [0, 0.1) is 0 Å². The maximum absolute atomic E-state index is 12.4. The maximum atomic E-state index is 12.4. The lowest BCUT2D eigenvalue weighted by molar-refractivity contribution is -0.123. The molecule has 1 atom stereocenters. The molecule has 1 aliphatic heterocycles. The number of nitrogens with one attached hydrogen (secondary N) is 1. The highest BCUT2D eigenvalue weighted by molar-refractivity contribution is 5.77. The molecule has 0 aromatic heterocycles. The summed E-state index contributed by atoms with van der Waals surface area (Å²) in [6.07, 6.45) is 1.04. The standard InChI is InChI=1S/C24H33N3O2/c1-4-19(2)21-10-6-8-12-23(21)29-18-24(28)25-17-20-9-5-7-11-22(20)27-15-13-26(3)14-16-27/h5-12,19H,4,13-18H2,1-3H3,(H,25,28). The summed E-state index contributed by atoms with van der Waals surface area (Å²) in [4.78, 5) is 17.2. The van der Waals surface area contributed by atoms with Gasteiger partial charge in [-0.1, -0.05) is 50.2 Å². The number of para-hydroxylation sites is 2. The summed E-state index contributed by atoms with van der Waals surface area (Å²) >= 11 is 0. The summed E-state index contributed by atoms with van der Waals surface area (Å²) in [7, 11) is 2.16. The Bertz CT molecular complexity index is 800. The molecule has 0 radical (unpaired) electrons. The molecule has 1 fully saturated rings. The number of hydrogen-bond donors (Lipinski definition) is 1. The molecule has 0 bridgehead atoms. The fourth-order valence-electron chi connectivity index (χ4n) is 3.64. The number of benzene rings is 2. The first-order chi connectivity index (χ1) is 14.1. The van der Waals surface area contributed by atoms with E-state index in [4.69, 9.17) is 4.74 Å². The average molecular weight is 396 g/mol. The van der Waals surface area contributed by atoms with Gasteiger partial charge in [0.05, 0.1) is 0 Å². The lowest BCUT2D eigenvalue weighted by atomic mass is 9.98. The first-order valence-corrected chi connectivity index (χ1v) is 10.6. The van der Waals surface area contributed by atoms with E-state index in [1.165, 1.54) is 5.69 Å². The van der Waals surface area contributed by atoms with Gasteiger partial charge in [0, 0.05) is 38.4 Å². The molecule has 156 valence electrons. The molecule has 1 N–H and O–H groups in total. The largest absolute Gasteiger partial charge is 0.483 e. The molecule has 1 aliphatic rings. The molecule has 3 rings (SSSR count). The van der Waals surface area contributed by atoms with Crippen LogP contribution in [0.15, 0.2) is 48.5 Å². The number of amides is 1. The monoisotopic (exact) mass is 395 g/mol. The van der Waals surface area contributed by atoms with E-state index in [2.05, 4.69) is 60.3 Å². The minimum Gasteiger partial charge on any atom is -0.483 e. The predicted octanol–water partition coefficient (Wildman–Crippen LogP) is 3.65. The van der Waals surface area contributed by atoms with Gasteiger partial charge in [-0.2, -0.15) is 0 Å². The Morgan fingerprint density at radius 1 is 1.07 bits per heavy atom. The van der Waals surface area contributed by atoms with Crippen molar-refractivity contribution in [3.63, 3.8) is 0 Å². The topological polar surface area (TPSA) is 44.8 Å². The molecule has 1 amide bonds. The van der Waals surface area contributed by atoms with Crippen LogP contribution in [-0.4, -0.2) is 50.6 Å². The van der Waals surface area contributed by atoms with Crippen molar-refractivity contribution in [1.82, 2.24) is 10.2 Å². The van der Waals surface area contributed by atoms with Crippen LogP contribution in [0.4, 0.5) is 5.69 Å². The molecule has 0 spiro atoms. The van der Waals surface area contributed by atoms with Gasteiger partial charge in [-0.05, 0) is 42.6 Å². The number of piperazine rings is 1. The lowest BCUT2D eigenvalue weighted by Crippen LogP contribution is -2.45. The van der Waals surface area contributed by atoms with E-state index in [-0.39, 0.29) is 12.5 Å². The normalized spacial score (nSPS) is 15.8. The van der Waals surface area contributed by atoms with Crippen LogP contribution in [-0.2, 0) is 11.3 Å². The summed E-state index contributed by atoms with van der Waals surface area (Å²) < 4.78 is 5.84. The molecular formula is C24H33N3O2. The summed E-state index contributed by atoms with van der Waals surface area (Å²) in [6.45, 7) is 9.02. The molecule has 0 saturated carbocycles. The van der Waals surface area contributed by atoms with Crippen molar-refractivity contribution in [3.05, 3.63) is 59.7 Å². The van der Waals surface area contributed by atoms with E-state index in [0.717, 1.165) is 49.5 Å². The Hall–Kier alpha value is -2.53. The Kier molecular flexibility index (Phi) is 7.53. The third kappa shape index (κ3) is 5.73. The van der Waals surface area contributed by atoms with Crippen LogP contribution in [0.1, 0.15) is 37.3 Å². The molecule has 2 aromatic rings. The Labute approximate surface area is 174 Å². The number of hydrogen-bond acceptors (Lipinski definition) is 4. The van der Waals surface area contributed by atoms with Gasteiger partial charge in [-0.15, -0.1) is 0 Å². The molecule has 1 saturated heterocycles. The highest BCUT2D eigenvalue weighted by Gasteiger charge is 2.17. The van der Waals surface area contributed by atoms with Crippen LogP contribution in [0.2, 0.25) is 0 Å². The number of ether oxygens (including phenoxy) is 1. The third-order valence-corrected chi connectivity index (χ3v) is 5.73. The van der Waals surface area contributed by atoms with Crippen molar-refractivity contribution in [2.24, 2.45) is 0 Å². The smallest absolute Gasteiger partial charge is 0.258 e. The number of anilines is 1. The highest BCUT2D eigenvalue weighted by Crippen LogP contribution is 2.28. The summed E-state index contributed by atoms with van der Waals surface area (Å²) in [5.41, 5.74) is 3.51. The van der Waals surface area contributed by atoms with Crippen LogP contribution < -0.4 is 15.0 Å². The minimum absolute atomic E-state index is 0.0319. The molecule has 1 unspecified atom stereocenters. The summed E-state index contributed by atoms with van der Waals surface area (Å²) in [5.74, 6) is 1.11. The minimum atomic E-state index is -0.0999. The maximum Gasteiger partial charge on any atom is 0.258 e. The van der Waals surface area contributed by atoms with E-state index in [0.29, 0.717) is 12.5 Å². The number of nitrogens with zero attached hydrogens (tertiary/aromatic N) is 2. The molecule has 29 heavy (non-hydrogen) atoms. The van der Waals surface area contributed by atoms with E-state index in [1.807, 2.05) is 24.3 Å². The predicted molar refractivity (Wildman–Crippen MR) is 119 cm³/mol. The van der Waals surface area contributed by atoms with Gasteiger partial charge in [-0.25, -0.2) is 0 Å². The van der Waals surface area contributed by atoms with E-state index >= 15 is 0 Å². The van der Waals surface area contributed by atoms with Crippen LogP contribution >= 0.6 is 0 Å². The quantitative estimate of drug-likeness (QED) is 0.741. The molecule has 2 aromatic carbocycles. The van der Waals surface area contributed by atoms with Crippen molar-refractivity contribution in [2.75, 3.05) is 44.7 Å². The van der Waals surface area contributed by atoms with Gasteiger partial charge < -0.3 is 19.9 Å². The second-order valence-electron chi connectivity index (χ2n) is 7.83. The molecule has 1 heterocycles. The third-order valence-electron chi connectivity index (χ3n) is 5.73. The lowest BCUT2D eigenvalue weighted by Gasteiger charge is -2.35. The average Bonchev–Trinajstić information content (AvgIpc) is 2.76. The highest BCUT2D eigenvalue weighted by atomic mass is 16.5. The van der Waals surface area contributed by atoms with Crippen molar-refractivity contribution in [2.45, 2.75) is 32.7 Å².